The first-order valence-electron chi connectivity index (χ1n) is 10.4. The molecule has 4 nitrogen and oxygen atoms in total. The lowest BCUT2D eigenvalue weighted by molar-refractivity contribution is 0.102. The summed E-state index contributed by atoms with van der Waals surface area (Å²) in [5.41, 5.74) is 3.76. The fourth-order valence-corrected chi connectivity index (χ4v) is 3.71. The standard InChI is InChI=1S/C27H26N2O2/c1-19(25-12-6-9-21-8-3-4-11-26(21)25)28-18-20-7-5-10-23(17-20)29-27(30)22-13-15-24(31-2)16-14-22/h3-17,19,28H,18H2,1-2H3,(H,29,30). The van der Waals surface area contributed by atoms with Crippen LogP contribution in [-0.4, -0.2) is 13.0 Å². The van der Waals surface area contributed by atoms with Crippen molar-refractivity contribution in [2.24, 2.45) is 0 Å². The third-order valence-corrected chi connectivity index (χ3v) is 5.44. The van der Waals surface area contributed by atoms with Gasteiger partial charge in [-0.05, 0) is 65.2 Å². The van der Waals surface area contributed by atoms with Crippen LogP contribution in [0.4, 0.5) is 5.69 Å². The molecule has 31 heavy (non-hydrogen) atoms. The zero-order chi connectivity index (χ0) is 21.6. The fourth-order valence-electron chi connectivity index (χ4n) is 3.71. The van der Waals surface area contributed by atoms with E-state index in [2.05, 4.69) is 66.1 Å². The maximum atomic E-state index is 12.5. The second-order valence-electron chi connectivity index (χ2n) is 7.55. The molecule has 0 saturated carbocycles. The molecule has 4 heteroatoms. The second kappa shape index (κ2) is 9.45. The molecule has 1 amide bonds. The van der Waals surface area contributed by atoms with E-state index >= 15 is 0 Å². The van der Waals surface area contributed by atoms with Crippen molar-refractivity contribution >= 4 is 22.4 Å². The summed E-state index contributed by atoms with van der Waals surface area (Å²) in [7, 11) is 1.61. The SMILES string of the molecule is COc1ccc(C(=O)Nc2cccc(CNC(C)c3cccc4ccccc34)c2)cc1. The first kappa shape index (κ1) is 20.6. The van der Waals surface area contributed by atoms with Crippen molar-refractivity contribution in [3.05, 3.63) is 108 Å². The van der Waals surface area contributed by atoms with E-state index in [4.69, 9.17) is 4.74 Å². The van der Waals surface area contributed by atoms with E-state index in [1.807, 2.05) is 18.2 Å². The number of hydrogen-bond acceptors (Lipinski definition) is 3. The Labute approximate surface area is 182 Å². The second-order valence-corrected chi connectivity index (χ2v) is 7.55. The van der Waals surface area contributed by atoms with E-state index in [0.717, 1.165) is 17.0 Å². The highest BCUT2D eigenvalue weighted by atomic mass is 16.5. The molecule has 4 aromatic rings. The van der Waals surface area contributed by atoms with Crippen molar-refractivity contribution in [2.75, 3.05) is 12.4 Å². The molecule has 1 atom stereocenters. The number of fused-ring (bicyclic) bond motifs is 1. The van der Waals surface area contributed by atoms with Gasteiger partial charge < -0.3 is 15.4 Å². The van der Waals surface area contributed by atoms with Crippen LogP contribution >= 0.6 is 0 Å². The lowest BCUT2D eigenvalue weighted by Crippen LogP contribution is -2.18. The highest BCUT2D eigenvalue weighted by molar-refractivity contribution is 6.04. The highest BCUT2D eigenvalue weighted by Gasteiger charge is 2.10. The molecule has 0 fully saturated rings. The van der Waals surface area contributed by atoms with Crippen LogP contribution in [0.15, 0.2) is 91.0 Å². The smallest absolute Gasteiger partial charge is 0.255 e. The monoisotopic (exact) mass is 410 g/mol. The third kappa shape index (κ3) is 4.93. The van der Waals surface area contributed by atoms with E-state index in [9.17, 15) is 4.79 Å². The normalized spacial score (nSPS) is 11.8. The van der Waals surface area contributed by atoms with E-state index in [1.165, 1.54) is 16.3 Å². The molecule has 0 aliphatic carbocycles. The van der Waals surface area contributed by atoms with Gasteiger partial charge in [0.25, 0.3) is 5.91 Å². The zero-order valence-corrected chi connectivity index (χ0v) is 17.8. The molecule has 1 unspecified atom stereocenters. The average Bonchev–Trinajstić information content (AvgIpc) is 2.82. The summed E-state index contributed by atoms with van der Waals surface area (Å²) >= 11 is 0. The van der Waals surface area contributed by atoms with Crippen molar-refractivity contribution < 1.29 is 9.53 Å². The Morgan fingerprint density at radius 2 is 1.65 bits per heavy atom. The van der Waals surface area contributed by atoms with Gasteiger partial charge in [-0.25, -0.2) is 0 Å². The van der Waals surface area contributed by atoms with Crippen LogP contribution in [0.3, 0.4) is 0 Å². The number of amides is 1. The van der Waals surface area contributed by atoms with Crippen molar-refractivity contribution in [3.63, 3.8) is 0 Å². The molecule has 2 N–H and O–H groups in total. The molecule has 0 spiro atoms. The average molecular weight is 411 g/mol. The Balaban J connectivity index is 1.41. The molecule has 0 heterocycles. The van der Waals surface area contributed by atoms with Gasteiger partial charge in [0.1, 0.15) is 5.75 Å². The number of benzene rings is 4. The molecule has 0 bridgehead atoms. The summed E-state index contributed by atoms with van der Waals surface area (Å²) in [5.74, 6) is 0.585. The van der Waals surface area contributed by atoms with Crippen LogP contribution in [0.25, 0.3) is 10.8 Å². The molecule has 156 valence electrons. The maximum Gasteiger partial charge on any atom is 0.255 e. The third-order valence-electron chi connectivity index (χ3n) is 5.44. The number of rotatable bonds is 7. The minimum Gasteiger partial charge on any atom is -0.497 e. The Bertz CT molecular complexity index is 1180. The first-order valence-corrected chi connectivity index (χ1v) is 10.4. The summed E-state index contributed by atoms with van der Waals surface area (Å²) in [6.07, 6.45) is 0. The Morgan fingerprint density at radius 1 is 0.903 bits per heavy atom. The first-order chi connectivity index (χ1) is 15.1. The zero-order valence-electron chi connectivity index (χ0n) is 17.8. The van der Waals surface area contributed by atoms with E-state index in [0.29, 0.717) is 12.1 Å². The maximum absolute atomic E-state index is 12.5. The van der Waals surface area contributed by atoms with Gasteiger partial charge in [0.05, 0.1) is 7.11 Å². The predicted molar refractivity (Wildman–Crippen MR) is 127 cm³/mol. The van der Waals surface area contributed by atoms with Crippen LogP contribution in [0.5, 0.6) is 5.75 Å². The van der Waals surface area contributed by atoms with E-state index in [-0.39, 0.29) is 11.9 Å². The van der Waals surface area contributed by atoms with E-state index in [1.54, 1.807) is 31.4 Å². The van der Waals surface area contributed by atoms with Gasteiger partial charge in [-0.2, -0.15) is 0 Å². The molecule has 0 aliphatic rings. The molecular formula is C27H26N2O2. The Kier molecular flexibility index (Phi) is 6.29. The van der Waals surface area contributed by atoms with Crippen LogP contribution in [0.2, 0.25) is 0 Å². The number of carbonyl (C=O) groups excluding carboxylic acids is 1. The van der Waals surface area contributed by atoms with Gasteiger partial charge in [0.15, 0.2) is 0 Å². The predicted octanol–water partition coefficient (Wildman–Crippen LogP) is 5.95. The summed E-state index contributed by atoms with van der Waals surface area (Å²) in [5, 5.41) is 9.09. The quantitative estimate of drug-likeness (QED) is 0.396. The topological polar surface area (TPSA) is 50.4 Å². The van der Waals surface area contributed by atoms with Gasteiger partial charge in [0, 0.05) is 23.8 Å². The number of anilines is 1. The lowest BCUT2D eigenvalue weighted by Gasteiger charge is -2.17. The number of carbonyl (C=O) groups is 1. The van der Waals surface area contributed by atoms with Crippen LogP contribution in [0, 0.1) is 0 Å². The summed E-state index contributed by atoms with van der Waals surface area (Å²) in [6, 6.07) is 30.1. The van der Waals surface area contributed by atoms with Crippen molar-refractivity contribution in [3.8, 4) is 5.75 Å². The van der Waals surface area contributed by atoms with Gasteiger partial charge in [-0.15, -0.1) is 0 Å². The highest BCUT2D eigenvalue weighted by Crippen LogP contribution is 2.24. The molecule has 0 saturated heterocycles. The minimum absolute atomic E-state index is 0.142. The number of ether oxygens (including phenoxy) is 1. The van der Waals surface area contributed by atoms with Gasteiger partial charge in [-0.3, -0.25) is 4.79 Å². The van der Waals surface area contributed by atoms with Gasteiger partial charge >= 0.3 is 0 Å². The van der Waals surface area contributed by atoms with Crippen LogP contribution < -0.4 is 15.4 Å². The fraction of sp³-hybridized carbons (Fsp3) is 0.148. The van der Waals surface area contributed by atoms with Gasteiger partial charge in [0.2, 0.25) is 0 Å². The molecular weight excluding hydrogens is 384 g/mol. The van der Waals surface area contributed by atoms with Crippen molar-refractivity contribution in [1.82, 2.24) is 5.32 Å². The lowest BCUT2D eigenvalue weighted by atomic mass is 9.99. The molecule has 0 aliphatic heterocycles. The largest absolute Gasteiger partial charge is 0.497 e. The van der Waals surface area contributed by atoms with Crippen LogP contribution in [-0.2, 0) is 6.54 Å². The summed E-state index contributed by atoms with van der Waals surface area (Å²) in [6.45, 7) is 2.88. The summed E-state index contributed by atoms with van der Waals surface area (Å²) < 4.78 is 5.15. The van der Waals surface area contributed by atoms with Gasteiger partial charge in [-0.1, -0.05) is 54.6 Å². The minimum atomic E-state index is -0.142. The summed E-state index contributed by atoms with van der Waals surface area (Å²) in [4.78, 5) is 12.5. The number of methoxy groups -OCH3 is 1. The number of hydrogen-bond donors (Lipinski definition) is 2. The van der Waals surface area contributed by atoms with E-state index < -0.39 is 0 Å². The Morgan fingerprint density at radius 3 is 2.45 bits per heavy atom. The van der Waals surface area contributed by atoms with Crippen LogP contribution in [0.1, 0.15) is 34.5 Å². The molecule has 4 rings (SSSR count). The molecule has 0 aromatic heterocycles. The Hall–Kier alpha value is -3.63. The van der Waals surface area contributed by atoms with Crippen molar-refractivity contribution in [2.45, 2.75) is 19.5 Å². The number of nitrogens with one attached hydrogen (secondary N) is 2. The molecule has 4 aromatic carbocycles. The van der Waals surface area contributed by atoms with Crippen molar-refractivity contribution in [1.29, 1.82) is 0 Å². The molecule has 0 radical (unpaired) electrons.